The van der Waals surface area contributed by atoms with Crippen LogP contribution in [0.1, 0.15) is 103 Å². The fraction of sp³-hybridized carbons (Fsp3) is 0.938. The van der Waals surface area contributed by atoms with Crippen LogP contribution in [0, 0.1) is 48.0 Å². The second-order valence-corrected chi connectivity index (χ2v) is 14.5. The van der Waals surface area contributed by atoms with E-state index in [1.165, 1.54) is 70.5 Å². The Morgan fingerprint density at radius 3 is 1.58 bits per heavy atom. The maximum Gasteiger partial charge on any atom is 0.229 e. The first kappa shape index (κ1) is 25.9. The number of hydrogen-bond donors (Lipinski definition) is 0. The van der Waals surface area contributed by atoms with Gasteiger partial charge in [0.15, 0.2) is 12.6 Å². The first-order chi connectivity index (χ1) is 18.6. The van der Waals surface area contributed by atoms with E-state index >= 15 is 0 Å². The van der Waals surface area contributed by atoms with Crippen LogP contribution in [0.5, 0.6) is 0 Å². The Labute approximate surface area is 228 Å². The average molecular weight is 526 g/mol. The minimum Gasteiger partial charge on any atom is -0.353 e. The highest BCUT2D eigenvalue weighted by molar-refractivity contribution is 5.55. The normalized spacial score (nSPS) is 52.2. The van der Waals surface area contributed by atoms with Crippen molar-refractivity contribution in [3.63, 3.8) is 0 Å². The highest BCUT2D eigenvalue weighted by Crippen LogP contribution is 2.60. The monoisotopic (exact) mass is 525 g/mol. The van der Waals surface area contributed by atoms with Crippen molar-refractivity contribution < 1.29 is 23.7 Å². The fourth-order valence-electron chi connectivity index (χ4n) is 10.8. The summed E-state index contributed by atoms with van der Waals surface area (Å²) in [6.45, 7) is 9.17. The Morgan fingerprint density at radius 2 is 1.16 bits per heavy atom. The van der Waals surface area contributed by atoms with E-state index in [9.17, 15) is 4.79 Å². The van der Waals surface area contributed by atoms with E-state index in [4.69, 9.17) is 25.5 Å². The maximum absolute atomic E-state index is 11.3. The molecule has 8 saturated carbocycles. The van der Waals surface area contributed by atoms with Crippen molar-refractivity contribution in [2.24, 2.45) is 41.4 Å². The van der Waals surface area contributed by atoms with Gasteiger partial charge in [-0.05, 0) is 126 Å². The summed E-state index contributed by atoms with van der Waals surface area (Å²) < 4.78 is 24.5. The molecule has 10 fully saturated rings. The largest absolute Gasteiger partial charge is 0.353 e. The summed E-state index contributed by atoms with van der Waals surface area (Å²) in [5.41, 5.74) is 0.123. The van der Waals surface area contributed by atoms with Crippen LogP contribution in [0.4, 0.5) is 0 Å². The Hall–Kier alpha value is -1.00. The molecule has 6 unspecified atom stereocenters. The van der Waals surface area contributed by atoms with E-state index in [1.54, 1.807) is 0 Å². The van der Waals surface area contributed by atoms with Crippen molar-refractivity contribution in [1.82, 2.24) is 0 Å². The lowest BCUT2D eigenvalue weighted by Gasteiger charge is -2.59. The number of ether oxygens (including phenoxy) is 4. The van der Waals surface area contributed by atoms with Gasteiger partial charge in [-0.3, -0.25) is 0 Å². The van der Waals surface area contributed by atoms with E-state index in [0.29, 0.717) is 35.6 Å². The molecule has 0 spiro atoms. The molecule has 6 nitrogen and oxygen atoms in total. The zero-order valence-corrected chi connectivity index (χ0v) is 23.1. The van der Waals surface area contributed by atoms with Crippen molar-refractivity contribution in [2.75, 3.05) is 13.2 Å². The molecule has 10 rings (SSSR count). The van der Waals surface area contributed by atoms with E-state index in [1.807, 2.05) is 0 Å². The van der Waals surface area contributed by atoms with Crippen molar-refractivity contribution >= 4 is 6.29 Å². The smallest absolute Gasteiger partial charge is 0.229 e. The molecule has 8 bridgehead atoms. The predicted octanol–water partition coefficient (Wildman–Crippen LogP) is 6.32. The van der Waals surface area contributed by atoms with Crippen LogP contribution >= 0.6 is 0 Å². The van der Waals surface area contributed by atoms with E-state index in [-0.39, 0.29) is 23.8 Å². The van der Waals surface area contributed by atoms with Crippen molar-refractivity contribution in [3.8, 4) is 0 Å². The number of carbonyl (C=O) groups excluding carboxylic acids is 1. The molecule has 0 N–H and O–H groups in total. The van der Waals surface area contributed by atoms with Crippen molar-refractivity contribution in [3.05, 3.63) is 11.4 Å². The van der Waals surface area contributed by atoms with Crippen LogP contribution in [0.3, 0.4) is 0 Å². The summed E-state index contributed by atoms with van der Waals surface area (Å²) in [4.78, 5) is 15.3. The molecule has 210 valence electrons. The van der Waals surface area contributed by atoms with Gasteiger partial charge in [0, 0.05) is 31.0 Å². The summed E-state index contributed by atoms with van der Waals surface area (Å²) >= 11 is 0. The third-order valence-electron chi connectivity index (χ3n) is 11.8. The molecule has 10 aliphatic rings. The highest BCUT2D eigenvalue weighted by atomic mass is 16.7. The number of carbonyl (C=O) groups is 1. The maximum atomic E-state index is 11.3. The molecule has 2 heterocycles. The Bertz CT molecular complexity index is 872. The molecule has 0 aromatic heterocycles. The molecule has 0 aromatic carbocycles. The van der Waals surface area contributed by atoms with Gasteiger partial charge in [-0.2, -0.15) is 0 Å². The molecule has 2 saturated heterocycles. The van der Waals surface area contributed by atoms with Crippen LogP contribution in [0.2, 0.25) is 0 Å². The van der Waals surface area contributed by atoms with Gasteiger partial charge >= 0.3 is 0 Å². The number of nitrogens with zero attached hydrogens (tertiary/aromatic N) is 1. The summed E-state index contributed by atoms with van der Waals surface area (Å²) in [5.74, 6) is 4.33. The lowest BCUT2D eigenvalue weighted by Crippen LogP contribution is -2.58. The Balaban J connectivity index is 0.000000127. The lowest BCUT2D eigenvalue weighted by atomic mass is 9.50. The van der Waals surface area contributed by atoms with Gasteiger partial charge in [0.25, 0.3) is 0 Å². The number of aldehydes is 1. The minimum atomic E-state index is 0.0275. The van der Waals surface area contributed by atoms with Gasteiger partial charge in [0.1, 0.15) is 6.29 Å². The molecule has 2 aliphatic heterocycles. The first-order valence-electron chi connectivity index (χ1n) is 16.0. The van der Waals surface area contributed by atoms with Gasteiger partial charge in [0.2, 0.25) is 6.04 Å². The summed E-state index contributed by atoms with van der Waals surface area (Å²) in [7, 11) is 0. The summed E-state index contributed by atoms with van der Waals surface area (Å²) in [6.07, 6.45) is 20.2. The molecule has 0 radical (unpaired) electrons. The van der Waals surface area contributed by atoms with Crippen LogP contribution in [0.25, 0.3) is 4.85 Å². The molecule has 6 heteroatoms. The second-order valence-electron chi connectivity index (χ2n) is 14.5. The van der Waals surface area contributed by atoms with Gasteiger partial charge < -0.3 is 28.6 Å². The Kier molecular flexibility index (Phi) is 7.12. The molecule has 0 aromatic rings. The zero-order chi connectivity index (χ0) is 25.7. The standard InChI is InChI=1S/C16H23NO2.C16H24O3/c1-17-15-12-6-11-7-13(15)10-16(8-11,9-12)19-14-4-2-3-5-18-14;17-10-14-12-5-11-6-13(14)9-16(7-11,8-12)19-15-3-1-2-4-18-15/h11-15H,2-10H2;10-15H,1-9H2. The van der Waals surface area contributed by atoms with E-state index in [0.717, 1.165) is 63.6 Å². The predicted molar refractivity (Wildman–Crippen MR) is 142 cm³/mol. The minimum absolute atomic E-state index is 0.0275. The average Bonchev–Trinajstić information content (AvgIpc) is 2.89. The van der Waals surface area contributed by atoms with Crippen LogP contribution in [0.15, 0.2) is 0 Å². The van der Waals surface area contributed by atoms with Gasteiger partial charge in [-0.15, -0.1) is 0 Å². The molecular weight excluding hydrogens is 478 g/mol. The van der Waals surface area contributed by atoms with Gasteiger partial charge in [-0.1, -0.05) is 0 Å². The summed E-state index contributed by atoms with van der Waals surface area (Å²) in [6, 6.07) is 0.292. The molecule has 8 aliphatic carbocycles. The van der Waals surface area contributed by atoms with Gasteiger partial charge in [-0.25, -0.2) is 6.57 Å². The van der Waals surface area contributed by atoms with Crippen molar-refractivity contribution in [1.29, 1.82) is 0 Å². The Morgan fingerprint density at radius 1 is 0.684 bits per heavy atom. The molecule has 38 heavy (non-hydrogen) atoms. The molecule has 6 atom stereocenters. The number of rotatable bonds is 5. The van der Waals surface area contributed by atoms with Crippen molar-refractivity contribution in [2.45, 2.75) is 133 Å². The summed E-state index contributed by atoms with van der Waals surface area (Å²) in [5, 5.41) is 0. The van der Waals surface area contributed by atoms with E-state index < -0.39 is 0 Å². The highest BCUT2D eigenvalue weighted by Gasteiger charge is 2.60. The van der Waals surface area contributed by atoms with Crippen LogP contribution in [-0.4, -0.2) is 49.3 Å². The lowest BCUT2D eigenvalue weighted by molar-refractivity contribution is -0.270. The molecule has 0 amide bonds. The van der Waals surface area contributed by atoms with Crippen LogP contribution < -0.4 is 0 Å². The van der Waals surface area contributed by atoms with Gasteiger partial charge in [0.05, 0.1) is 11.2 Å². The third kappa shape index (κ3) is 4.89. The third-order valence-corrected chi connectivity index (χ3v) is 11.8. The zero-order valence-electron chi connectivity index (χ0n) is 23.1. The second kappa shape index (κ2) is 10.4. The van der Waals surface area contributed by atoms with E-state index in [2.05, 4.69) is 4.85 Å². The molecular formula is C32H47NO5. The fourth-order valence-corrected chi connectivity index (χ4v) is 10.8. The first-order valence-corrected chi connectivity index (χ1v) is 16.0. The topological polar surface area (TPSA) is 58.4 Å². The van der Waals surface area contributed by atoms with Crippen LogP contribution in [-0.2, 0) is 23.7 Å². The number of hydrogen-bond acceptors (Lipinski definition) is 5. The quantitative estimate of drug-likeness (QED) is 0.311. The SMILES string of the molecule is O=CC1C2CC3CC1CC(OC1CCCCO1)(C3)C2.[C-]#[N+]C1C2CC3CC1CC(OC1CCCCO1)(C3)C2.